The molecular weight excluding hydrogens is 364 g/mol. The first-order valence-electron chi connectivity index (χ1n) is 7.19. The summed E-state index contributed by atoms with van der Waals surface area (Å²) in [4.78, 5) is 42.1. The quantitative estimate of drug-likeness (QED) is 0.494. The topological polar surface area (TPSA) is 107 Å². The number of carbonyl (C=O) groups is 4. The van der Waals surface area contributed by atoms with Crippen LogP contribution in [0.1, 0.15) is 34.6 Å². The lowest BCUT2D eigenvalue weighted by atomic mass is 10.2. The second-order valence-electron chi connectivity index (χ2n) is 4.81. The number of ether oxygens (including phenoxy) is 2. The monoisotopic (exact) mass is 378 g/mol. The number of rotatable bonds is 4. The van der Waals surface area contributed by atoms with Gasteiger partial charge in [0.2, 0.25) is 0 Å². The van der Waals surface area contributed by atoms with Crippen molar-refractivity contribution in [1.29, 1.82) is 0 Å². The Morgan fingerprint density at radius 2 is 1.08 bits per heavy atom. The van der Waals surface area contributed by atoms with Gasteiger partial charge in [0.25, 0.3) is 5.24 Å². The zero-order chi connectivity index (χ0) is 19.7. The van der Waals surface area contributed by atoms with Crippen LogP contribution in [0.5, 0.6) is 11.5 Å². The van der Waals surface area contributed by atoms with Crippen molar-refractivity contribution in [1.82, 2.24) is 0 Å². The van der Waals surface area contributed by atoms with E-state index in [1.807, 2.05) is 0 Å². The maximum atomic E-state index is 10.6. The molecule has 0 spiro atoms. The number of hydrogen-bond donors (Lipinski definition) is 1. The minimum Gasteiger partial charge on any atom is -0.478 e. The molecule has 2 rings (SSSR count). The molecule has 136 valence electrons. The fourth-order valence-corrected chi connectivity index (χ4v) is 1.78. The SMILES string of the molecule is CC(=O)Oc1ccc(C(=O)Cl)cc1.CC(=O)Oc1ccc(C(=O)O)cc1. The van der Waals surface area contributed by atoms with Gasteiger partial charge in [-0.05, 0) is 60.1 Å². The lowest BCUT2D eigenvalue weighted by Crippen LogP contribution is -2.02. The average molecular weight is 379 g/mol. The van der Waals surface area contributed by atoms with Crippen molar-refractivity contribution in [3.8, 4) is 11.5 Å². The Labute approximate surface area is 154 Å². The van der Waals surface area contributed by atoms with E-state index in [0.29, 0.717) is 17.1 Å². The predicted octanol–water partition coefficient (Wildman–Crippen LogP) is 3.30. The largest absolute Gasteiger partial charge is 0.478 e. The molecule has 0 heterocycles. The Balaban J connectivity index is 0.000000260. The fourth-order valence-electron chi connectivity index (χ4n) is 1.65. The maximum Gasteiger partial charge on any atom is 0.335 e. The van der Waals surface area contributed by atoms with Crippen LogP contribution in [0.25, 0.3) is 0 Å². The molecule has 0 aliphatic rings. The summed E-state index contributed by atoms with van der Waals surface area (Å²) >= 11 is 5.21. The van der Waals surface area contributed by atoms with E-state index in [1.165, 1.54) is 62.4 Å². The number of aromatic carboxylic acids is 1. The van der Waals surface area contributed by atoms with Gasteiger partial charge in [-0.1, -0.05) is 0 Å². The molecule has 0 saturated heterocycles. The van der Waals surface area contributed by atoms with Crippen LogP contribution in [0.4, 0.5) is 0 Å². The van der Waals surface area contributed by atoms with E-state index in [2.05, 4.69) is 0 Å². The number of carboxylic acid groups (broad SMARTS) is 1. The van der Waals surface area contributed by atoms with E-state index < -0.39 is 23.2 Å². The molecule has 0 unspecified atom stereocenters. The van der Waals surface area contributed by atoms with Gasteiger partial charge in [-0.3, -0.25) is 14.4 Å². The van der Waals surface area contributed by atoms with E-state index in [-0.39, 0.29) is 5.56 Å². The zero-order valence-electron chi connectivity index (χ0n) is 13.9. The lowest BCUT2D eigenvalue weighted by molar-refractivity contribution is -0.132. The van der Waals surface area contributed by atoms with Gasteiger partial charge in [0.05, 0.1) is 5.56 Å². The summed E-state index contributed by atoms with van der Waals surface area (Å²) in [6.45, 7) is 2.59. The molecule has 0 bridgehead atoms. The van der Waals surface area contributed by atoms with Crippen molar-refractivity contribution < 1.29 is 33.8 Å². The number of benzene rings is 2. The summed E-state index contributed by atoms with van der Waals surface area (Å²) in [5, 5.41) is 8.02. The van der Waals surface area contributed by atoms with E-state index in [0.717, 1.165) is 0 Å². The van der Waals surface area contributed by atoms with E-state index in [1.54, 1.807) is 0 Å². The molecule has 7 nitrogen and oxygen atoms in total. The number of esters is 2. The minimum absolute atomic E-state index is 0.163. The lowest BCUT2D eigenvalue weighted by Gasteiger charge is -2.00. The second-order valence-corrected chi connectivity index (χ2v) is 5.16. The van der Waals surface area contributed by atoms with Gasteiger partial charge in [-0.15, -0.1) is 0 Å². The van der Waals surface area contributed by atoms with Crippen molar-refractivity contribution in [2.75, 3.05) is 0 Å². The van der Waals surface area contributed by atoms with Crippen LogP contribution in [0, 0.1) is 0 Å². The van der Waals surface area contributed by atoms with Crippen LogP contribution in [-0.2, 0) is 9.59 Å². The first kappa shape index (κ1) is 20.9. The second kappa shape index (κ2) is 9.95. The van der Waals surface area contributed by atoms with Crippen molar-refractivity contribution >= 4 is 34.8 Å². The third-order valence-corrected chi connectivity index (χ3v) is 2.92. The molecule has 8 heteroatoms. The Morgan fingerprint density at radius 1 is 0.731 bits per heavy atom. The first-order valence-corrected chi connectivity index (χ1v) is 7.57. The Morgan fingerprint density at radius 3 is 1.35 bits per heavy atom. The average Bonchev–Trinajstić information content (AvgIpc) is 2.55. The highest BCUT2D eigenvalue weighted by atomic mass is 35.5. The highest BCUT2D eigenvalue weighted by molar-refractivity contribution is 6.67. The number of halogens is 1. The molecule has 26 heavy (non-hydrogen) atoms. The van der Waals surface area contributed by atoms with E-state index in [4.69, 9.17) is 26.2 Å². The molecular formula is C18H15ClO7. The summed E-state index contributed by atoms with van der Waals surface area (Å²) in [6, 6.07) is 11.6. The van der Waals surface area contributed by atoms with Crippen molar-refractivity contribution in [2.45, 2.75) is 13.8 Å². The summed E-state index contributed by atoms with van der Waals surface area (Å²) < 4.78 is 9.47. The standard InChI is InChI=1S/C9H7ClO3.C9H8O4/c1-6(11)13-8-4-2-7(3-5-8)9(10)12;1-6(10)13-8-4-2-7(3-5-8)9(11)12/h2-5H,1H3;2-5H,1H3,(H,11,12). The first-order chi connectivity index (χ1) is 12.2. The van der Waals surface area contributed by atoms with Crippen LogP contribution in [0.3, 0.4) is 0 Å². The third-order valence-electron chi connectivity index (χ3n) is 2.71. The highest BCUT2D eigenvalue weighted by Crippen LogP contribution is 2.13. The van der Waals surface area contributed by atoms with Gasteiger partial charge < -0.3 is 14.6 Å². The molecule has 0 aliphatic carbocycles. The van der Waals surface area contributed by atoms with Crippen molar-refractivity contribution in [3.05, 3.63) is 59.7 Å². The summed E-state index contributed by atoms with van der Waals surface area (Å²) in [7, 11) is 0. The number of carboxylic acids is 1. The summed E-state index contributed by atoms with van der Waals surface area (Å²) in [5.74, 6) is -1.09. The Kier molecular flexibility index (Phi) is 7.98. The molecule has 0 aliphatic heterocycles. The zero-order valence-corrected chi connectivity index (χ0v) is 14.6. The Hall–Kier alpha value is -3.19. The number of carbonyl (C=O) groups excluding carboxylic acids is 3. The van der Waals surface area contributed by atoms with Crippen molar-refractivity contribution in [2.24, 2.45) is 0 Å². The van der Waals surface area contributed by atoms with Crippen LogP contribution in [0.15, 0.2) is 48.5 Å². The van der Waals surface area contributed by atoms with Gasteiger partial charge in [-0.2, -0.15) is 0 Å². The molecule has 0 saturated carbocycles. The van der Waals surface area contributed by atoms with Gasteiger partial charge in [0.1, 0.15) is 11.5 Å². The fraction of sp³-hybridized carbons (Fsp3) is 0.111. The maximum absolute atomic E-state index is 10.6. The normalized spacial score (nSPS) is 9.35. The van der Waals surface area contributed by atoms with E-state index >= 15 is 0 Å². The third kappa shape index (κ3) is 7.59. The molecule has 0 aromatic heterocycles. The molecule has 2 aromatic carbocycles. The van der Waals surface area contributed by atoms with Crippen LogP contribution in [0.2, 0.25) is 0 Å². The van der Waals surface area contributed by atoms with Gasteiger partial charge >= 0.3 is 17.9 Å². The summed E-state index contributed by atoms with van der Waals surface area (Å²) in [6.07, 6.45) is 0. The molecule has 2 aromatic rings. The highest BCUT2D eigenvalue weighted by Gasteiger charge is 2.03. The molecule has 0 atom stereocenters. The van der Waals surface area contributed by atoms with Crippen LogP contribution < -0.4 is 9.47 Å². The van der Waals surface area contributed by atoms with Crippen LogP contribution in [-0.4, -0.2) is 28.3 Å². The van der Waals surface area contributed by atoms with E-state index in [9.17, 15) is 19.2 Å². The Bertz CT molecular complexity index is 726. The van der Waals surface area contributed by atoms with Crippen molar-refractivity contribution in [3.63, 3.8) is 0 Å². The van der Waals surface area contributed by atoms with Gasteiger partial charge in [0, 0.05) is 19.4 Å². The molecule has 0 amide bonds. The van der Waals surface area contributed by atoms with Gasteiger partial charge in [0.15, 0.2) is 0 Å². The minimum atomic E-state index is -1.01. The predicted molar refractivity (Wildman–Crippen MR) is 92.6 cm³/mol. The molecule has 0 fully saturated rings. The number of hydrogen-bond acceptors (Lipinski definition) is 6. The van der Waals surface area contributed by atoms with Gasteiger partial charge in [-0.25, -0.2) is 4.79 Å². The smallest absolute Gasteiger partial charge is 0.335 e. The molecule has 1 N–H and O–H groups in total. The van der Waals surface area contributed by atoms with Crippen LogP contribution >= 0.6 is 11.6 Å². The molecule has 0 radical (unpaired) electrons. The summed E-state index contributed by atoms with van der Waals surface area (Å²) in [5.41, 5.74) is 0.536.